The van der Waals surface area contributed by atoms with Gasteiger partial charge >= 0.3 is 0 Å². The van der Waals surface area contributed by atoms with E-state index in [9.17, 15) is 0 Å². The van der Waals surface area contributed by atoms with Crippen molar-refractivity contribution in [1.29, 1.82) is 0 Å². The van der Waals surface area contributed by atoms with Gasteiger partial charge in [0.1, 0.15) is 0 Å². The van der Waals surface area contributed by atoms with E-state index in [0.29, 0.717) is 6.04 Å². The molecule has 0 spiro atoms. The van der Waals surface area contributed by atoms with Crippen molar-refractivity contribution in [2.45, 2.75) is 50.3 Å². The molecule has 0 amide bonds. The van der Waals surface area contributed by atoms with Crippen molar-refractivity contribution in [1.82, 2.24) is 5.32 Å². The first kappa shape index (κ1) is 14.7. The van der Waals surface area contributed by atoms with Crippen LogP contribution in [0.25, 0.3) is 0 Å². The van der Waals surface area contributed by atoms with E-state index in [4.69, 9.17) is 11.6 Å². The van der Waals surface area contributed by atoms with Gasteiger partial charge in [-0.05, 0) is 31.5 Å². The van der Waals surface area contributed by atoms with Crippen LogP contribution >= 0.6 is 34.7 Å². The van der Waals surface area contributed by atoms with Crippen molar-refractivity contribution < 1.29 is 0 Å². The van der Waals surface area contributed by atoms with Crippen molar-refractivity contribution in [2.75, 3.05) is 12.3 Å². The molecule has 1 unspecified atom stereocenters. The third-order valence-electron chi connectivity index (χ3n) is 3.44. The Hall–Kier alpha value is 0.300. The maximum Gasteiger partial charge on any atom is 0.0931 e. The lowest BCUT2D eigenvalue weighted by atomic mass is 10.0. The molecule has 0 saturated heterocycles. The summed E-state index contributed by atoms with van der Waals surface area (Å²) in [4.78, 5) is 1.38. The van der Waals surface area contributed by atoms with Gasteiger partial charge in [-0.25, -0.2) is 0 Å². The van der Waals surface area contributed by atoms with E-state index in [1.165, 1.54) is 42.7 Å². The van der Waals surface area contributed by atoms with Crippen molar-refractivity contribution in [3.05, 3.63) is 21.3 Å². The lowest BCUT2D eigenvalue weighted by Crippen LogP contribution is -2.23. The predicted molar refractivity (Wildman–Crippen MR) is 85.1 cm³/mol. The molecule has 2 rings (SSSR count). The number of nitrogens with one attached hydrogen (secondary N) is 1. The van der Waals surface area contributed by atoms with Crippen LogP contribution in [0.5, 0.6) is 0 Å². The Morgan fingerprint density at radius 1 is 1.39 bits per heavy atom. The quantitative estimate of drug-likeness (QED) is 0.783. The number of hydrogen-bond acceptors (Lipinski definition) is 3. The van der Waals surface area contributed by atoms with Gasteiger partial charge in [0, 0.05) is 15.9 Å². The Kier molecular flexibility index (Phi) is 6.36. The van der Waals surface area contributed by atoms with Gasteiger partial charge in [-0.3, -0.25) is 0 Å². The largest absolute Gasteiger partial charge is 0.309 e. The first-order valence-electron chi connectivity index (χ1n) is 6.90. The van der Waals surface area contributed by atoms with E-state index in [1.54, 1.807) is 11.3 Å². The fourth-order valence-corrected chi connectivity index (χ4v) is 5.14. The first-order valence-corrected chi connectivity index (χ1v) is 9.14. The minimum absolute atomic E-state index is 0.472. The minimum Gasteiger partial charge on any atom is -0.309 e. The van der Waals surface area contributed by atoms with Gasteiger partial charge in [0.05, 0.1) is 10.4 Å². The van der Waals surface area contributed by atoms with E-state index in [0.717, 1.165) is 16.1 Å². The maximum atomic E-state index is 6.04. The Balaban J connectivity index is 1.85. The molecule has 18 heavy (non-hydrogen) atoms. The number of thioether (sulfide) groups is 1. The summed E-state index contributed by atoms with van der Waals surface area (Å²) in [7, 11) is 0. The Labute approximate surface area is 124 Å². The number of hydrogen-bond donors (Lipinski definition) is 1. The SMILES string of the molecule is CCNC(CSC1CCCCC1)c1ccc(Cl)s1. The van der Waals surface area contributed by atoms with E-state index in [-0.39, 0.29) is 0 Å². The van der Waals surface area contributed by atoms with E-state index < -0.39 is 0 Å². The molecule has 102 valence electrons. The van der Waals surface area contributed by atoms with Gasteiger partial charge in [-0.15, -0.1) is 11.3 Å². The van der Waals surface area contributed by atoms with Crippen LogP contribution in [-0.2, 0) is 0 Å². The zero-order chi connectivity index (χ0) is 12.8. The lowest BCUT2D eigenvalue weighted by Gasteiger charge is -2.24. The molecule has 1 atom stereocenters. The van der Waals surface area contributed by atoms with Gasteiger partial charge in [0.25, 0.3) is 0 Å². The van der Waals surface area contributed by atoms with E-state index in [1.807, 2.05) is 6.07 Å². The molecule has 1 saturated carbocycles. The molecule has 1 aliphatic carbocycles. The number of rotatable bonds is 6. The highest BCUT2D eigenvalue weighted by molar-refractivity contribution is 7.99. The van der Waals surface area contributed by atoms with Gasteiger partial charge in [0.2, 0.25) is 0 Å². The average Bonchev–Trinajstić information content (AvgIpc) is 2.82. The van der Waals surface area contributed by atoms with Crippen molar-refractivity contribution in [3.63, 3.8) is 0 Å². The second kappa shape index (κ2) is 7.78. The molecule has 1 heterocycles. The standard InChI is InChI=1S/C14H22ClNS2/c1-2-16-12(13-8-9-14(15)18-13)10-17-11-6-4-3-5-7-11/h8-9,11-12,16H,2-7,10H2,1H3. The zero-order valence-electron chi connectivity index (χ0n) is 11.0. The Morgan fingerprint density at radius 3 is 2.78 bits per heavy atom. The van der Waals surface area contributed by atoms with Crippen LogP contribution < -0.4 is 5.32 Å². The average molecular weight is 304 g/mol. The first-order chi connectivity index (χ1) is 8.79. The molecule has 1 nitrogen and oxygen atoms in total. The molecule has 1 aliphatic rings. The summed E-state index contributed by atoms with van der Waals surface area (Å²) >= 11 is 9.90. The highest BCUT2D eigenvalue weighted by atomic mass is 35.5. The molecule has 0 aromatic carbocycles. The minimum atomic E-state index is 0.472. The second-order valence-corrected chi connectivity index (χ2v) is 7.93. The van der Waals surface area contributed by atoms with Gasteiger partial charge in [0.15, 0.2) is 0 Å². The molecule has 0 aliphatic heterocycles. The highest BCUT2D eigenvalue weighted by Gasteiger charge is 2.18. The monoisotopic (exact) mass is 303 g/mol. The summed E-state index contributed by atoms with van der Waals surface area (Å²) in [6, 6.07) is 4.65. The maximum absolute atomic E-state index is 6.04. The summed E-state index contributed by atoms with van der Waals surface area (Å²) in [5, 5.41) is 4.47. The van der Waals surface area contributed by atoms with Gasteiger partial charge in [-0.1, -0.05) is 37.8 Å². The summed E-state index contributed by atoms with van der Waals surface area (Å²) in [5.41, 5.74) is 0. The molecule has 0 bridgehead atoms. The summed E-state index contributed by atoms with van der Waals surface area (Å²) in [5.74, 6) is 1.18. The normalized spacial score (nSPS) is 19.0. The van der Waals surface area contributed by atoms with Crippen molar-refractivity contribution in [3.8, 4) is 0 Å². The number of thiophene rings is 1. The van der Waals surface area contributed by atoms with Crippen LogP contribution in [0.4, 0.5) is 0 Å². The molecule has 4 heteroatoms. The Morgan fingerprint density at radius 2 is 2.17 bits per heavy atom. The van der Waals surface area contributed by atoms with Crippen LogP contribution in [0.1, 0.15) is 49.9 Å². The van der Waals surface area contributed by atoms with Crippen LogP contribution in [0.15, 0.2) is 12.1 Å². The smallest absolute Gasteiger partial charge is 0.0931 e. The van der Waals surface area contributed by atoms with Crippen LogP contribution in [0.3, 0.4) is 0 Å². The topological polar surface area (TPSA) is 12.0 Å². The summed E-state index contributed by atoms with van der Waals surface area (Å²) in [6.45, 7) is 3.19. The summed E-state index contributed by atoms with van der Waals surface area (Å²) < 4.78 is 0.899. The molecule has 1 N–H and O–H groups in total. The lowest BCUT2D eigenvalue weighted by molar-refractivity contribution is 0.514. The van der Waals surface area contributed by atoms with Crippen LogP contribution in [-0.4, -0.2) is 17.5 Å². The molecular weight excluding hydrogens is 282 g/mol. The second-order valence-electron chi connectivity index (χ2n) is 4.85. The van der Waals surface area contributed by atoms with Crippen LogP contribution in [0.2, 0.25) is 4.34 Å². The van der Waals surface area contributed by atoms with E-state index >= 15 is 0 Å². The summed E-state index contributed by atoms with van der Waals surface area (Å²) in [6.07, 6.45) is 7.11. The fraction of sp³-hybridized carbons (Fsp3) is 0.714. The zero-order valence-corrected chi connectivity index (χ0v) is 13.3. The molecule has 1 fully saturated rings. The molecular formula is C14H22ClNS2. The van der Waals surface area contributed by atoms with E-state index in [2.05, 4.69) is 30.1 Å². The Bertz CT molecular complexity index is 347. The fourth-order valence-electron chi connectivity index (χ4n) is 2.47. The predicted octanol–water partition coefficient (Wildman–Crippen LogP) is 5.12. The van der Waals surface area contributed by atoms with Gasteiger partial charge in [-0.2, -0.15) is 11.8 Å². The highest BCUT2D eigenvalue weighted by Crippen LogP contribution is 2.33. The molecule has 0 radical (unpaired) electrons. The van der Waals surface area contributed by atoms with Crippen molar-refractivity contribution in [2.24, 2.45) is 0 Å². The van der Waals surface area contributed by atoms with Gasteiger partial charge < -0.3 is 5.32 Å². The third-order valence-corrected chi connectivity index (χ3v) is 6.25. The van der Waals surface area contributed by atoms with Crippen LogP contribution in [0, 0.1) is 0 Å². The third kappa shape index (κ3) is 4.44. The molecule has 1 aromatic heterocycles. The van der Waals surface area contributed by atoms with Crippen molar-refractivity contribution >= 4 is 34.7 Å². The number of halogens is 1. The molecule has 1 aromatic rings.